The maximum Gasteiger partial charge on any atom is 0.193 e. The lowest BCUT2D eigenvalue weighted by atomic mass is 10.1. The van der Waals surface area contributed by atoms with E-state index in [1.165, 1.54) is 0 Å². The SMILES string of the molecule is CCOC(C(=O)Cc1cn2ccsc2n1)C1CC1. The Labute approximate surface area is 110 Å². The molecule has 1 unspecified atom stereocenters. The van der Waals surface area contributed by atoms with E-state index in [1.54, 1.807) is 11.3 Å². The molecular formula is C13H16N2O2S. The van der Waals surface area contributed by atoms with Gasteiger partial charge in [0.1, 0.15) is 6.10 Å². The maximum absolute atomic E-state index is 12.2. The van der Waals surface area contributed by atoms with Crippen LogP contribution in [-0.2, 0) is 16.0 Å². The van der Waals surface area contributed by atoms with Crippen LogP contribution in [0.1, 0.15) is 25.5 Å². The number of ketones is 1. The van der Waals surface area contributed by atoms with Gasteiger partial charge in [-0.05, 0) is 25.7 Å². The summed E-state index contributed by atoms with van der Waals surface area (Å²) < 4.78 is 7.53. The molecule has 0 saturated heterocycles. The molecule has 5 heteroatoms. The van der Waals surface area contributed by atoms with E-state index in [-0.39, 0.29) is 11.9 Å². The molecule has 1 atom stereocenters. The van der Waals surface area contributed by atoms with Crippen molar-refractivity contribution in [1.29, 1.82) is 0 Å². The molecule has 0 spiro atoms. The summed E-state index contributed by atoms with van der Waals surface area (Å²) in [6.45, 7) is 2.54. The minimum Gasteiger partial charge on any atom is -0.370 e. The number of thiazole rings is 1. The van der Waals surface area contributed by atoms with E-state index < -0.39 is 0 Å². The third-order valence-corrected chi connectivity index (χ3v) is 3.98. The van der Waals surface area contributed by atoms with Crippen molar-refractivity contribution in [2.45, 2.75) is 32.3 Å². The predicted octanol–water partition coefficient (Wildman–Crippen LogP) is 2.32. The van der Waals surface area contributed by atoms with Gasteiger partial charge < -0.3 is 4.74 Å². The van der Waals surface area contributed by atoms with Crippen LogP contribution in [0.15, 0.2) is 17.8 Å². The van der Waals surface area contributed by atoms with Gasteiger partial charge in [0.05, 0.1) is 12.1 Å². The molecule has 2 heterocycles. The van der Waals surface area contributed by atoms with E-state index in [0.717, 1.165) is 23.5 Å². The summed E-state index contributed by atoms with van der Waals surface area (Å²) in [5, 5.41) is 1.99. The van der Waals surface area contributed by atoms with E-state index in [1.807, 2.05) is 29.1 Å². The molecule has 4 nitrogen and oxygen atoms in total. The first-order valence-electron chi connectivity index (χ1n) is 6.33. The topological polar surface area (TPSA) is 43.6 Å². The molecule has 2 aromatic rings. The zero-order chi connectivity index (χ0) is 12.5. The Balaban J connectivity index is 1.70. The van der Waals surface area contributed by atoms with Crippen molar-refractivity contribution >= 4 is 22.1 Å². The molecule has 0 aromatic carbocycles. The number of carbonyl (C=O) groups is 1. The lowest BCUT2D eigenvalue weighted by Crippen LogP contribution is -2.28. The Kier molecular flexibility index (Phi) is 3.18. The summed E-state index contributed by atoms with van der Waals surface area (Å²) in [4.78, 5) is 17.6. The number of aromatic nitrogens is 2. The van der Waals surface area contributed by atoms with Gasteiger partial charge in [0.25, 0.3) is 0 Å². The zero-order valence-corrected chi connectivity index (χ0v) is 11.2. The standard InChI is InChI=1S/C13H16N2O2S/c1-2-17-12(9-3-4-9)11(16)7-10-8-15-5-6-18-13(15)14-10/h5-6,8-9,12H,2-4,7H2,1H3. The van der Waals surface area contributed by atoms with Crippen LogP contribution in [0.3, 0.4) is 0 Å². The van der Waals surface area contributed by atoms with Gasteiger partial charge in [-0.25, -0.2) is 4.98 Å². The molecule has 0 bridgehead atoms. The average Bonchev–Trinajstić information content (AvgIpc) is 2.96. The van der Waals surface area contributed by atoms with Gasteiger partial charge in [0, 0.05) is 24.4 Å². The largest absolute Gasteiger partial charge is 0.370 e. The number of nitrogens with zero attached hydrogens (tertiary/aromatic N) is 2. The third-order valence-electron chi connectivity index (χ3n) is 3.21. The van der Waals surface area contributed by atoms with Gasteiger partial charge in [0.15, 0.2) is 10.7 Å². The van der Waals surface area contributed by atoms with Crippen molar-refractivity contribution in [3.05, 3.63) is 23.5 Å². The minimum absolute atomic E-state index is 0.171. The highest BCUT2D eigenvalue weighted by atomic mass is 32.1. The van der Waals surface area contributed by atoms with Crippen LogP contribution in [0.4, 0.5) is 0 Å². The number of Topliss-reactive ketones (excluding diaryl/α,β-unsaturated/α-hetero) is 1. The molecule has 3 rings (SSSR count). The molecule has 0 N–H and O–H groups in total. The molecule has 1 aliphatic carbocycles. The van der Waals surface area contributed by atoms with Crippen molar-refractivity contribution in [2.24, 2.45) is 5.92 Å². The molecule has 0 radical (unpaired) electrons. The number of hydrogen-bond acceptors (Lipinski definition) is 4. The Bertz CT molecular complexity index is 528. The van der Waals surface area contributed by atoms with Gasteiger partial charge in [-0.2, -0.15) is 0 Å². The van der Waals surface area contributed by atoms with Crippen LogP contribution in [0.25, 0.3) is 4.96 Å². The average molecular weight is 264 g/mol. The van der Waals surface area contributed by atoms with Crippen LogP contribution in [0, 0.1) is 5.92 Å². The maximum atomic E-state index is 12.2. The minimum atomic E-state index is -0.213. The van der Waals surface area contributed by atoms with E-state index in [4.69, 9.17) is 4.74 Å². The second kappa shape index (κ2) is 4.82. The van der Waals surface area contributed by atoms with Gasteiger partial charge >= 0.3 is 0 Å². The van der Waals surface area contributed by atoms with Crippen LogP contribution in [-0.4, -0.2) is 27.9 Å². The molecule has 1 saturated carbocycles. The normalized spacial score (nSPS) is 17.2. The summed E-state index contributed by atoms with van der Waals surface area (Å²) >= 11 is 1.58. The highest BCUT2D eigenvalue weighted by molar-refractivity contribution is 7.15. The van der Waals surface area contributed by atoms with Crippen LogP contribution >= 0.6 is 11.3 Å². The number of hydrogen-bond donors (Lipinski definition) is 0. The molecule has 1 fully saturated rings. The number of rotatable bonds is 6. The highest BCUT2D eigenvalue weighted by Crippen LogP contribution is 2.35. The molecule has 0 amide bonds. The van der Waals surface area contributed by atoms with Crippen LogP contribution in [0.5, 0.6) is 0 Å². The van der Waals surface area contributed by atoms with Crippen molar-refractivity contribution in [2.75, 3.05) is 6.61 Å². The van der Waals surface area contributed by atoms with E-state index >= 15 is 0 Å². The first kappa shape index (κ1) is 11.9. The fraction of sp³-hybridized carbons (Fsp3) is 0.538. The van der Waals surface area contributed by atoms with Crippen molar-refractivity contribution in [3.63, 3.8) is 0 Å². The lowest BCUT2D eigenvalue weighted by Gasteiger charge is -2.14. The molecule has 18 heavy (non-hydrogen) atoms. The Morgan fingerprint density at radius 1 is 1.67 bits per heavy atom. The lowest BCUT2D eigenvalue weighted by molar-refractivity contribution is -0.131. The van der Waals surface area contributed by atoms with Crippen molar-refractivity contribution in [3.8, 4) is 0 Å². The predicted molar refractivity (Wildman–Crippen MR) is 69.9 cm³/mol. The first-order valence-corrected chi connectivity index (χ1v) is 7.21. The first-order chi connectivity index (χ1) is 8.78. The van der Waals surface area contributed by atoms with Gasteiger partial charge in [-0.15, -0.1) is 11.3 Å². The smallest absolute Gasteiger partial charge is 0.193 e. The van der Waals surface area contributed by atoms with Crippen molar-refractivity contribution < 1.29 is 9.53 Å². The monoisotopic (exact) mass is 264 g/mol. The Hall–Kier alpha value is -1.20. The summed E-state index contributed by atoms with van der Waals surface area (Å²) in [6, 6.07) is 0. The zero-order valence-electron chi connectivity index (χ0n) is 10.3. The van der Waals surface area contributed by atoms with Gasteiger partial charge in [-0.3, -0.25) is 9.20 Å². The Morgan fingerprint density at radius 3 is 3.17 bits per heavy atom. The number of imidazole rings is 1. The van der Waals surface area contributed by atoms with Crippen molar-refractivity contribution in [1.82, 2.24) is 9.38 Å². The molecule has 2 aromatic heterocycles. The highest BCUT2D eigenvalue weighted by Gasteiger charge is 2.36. The molecular weight excluding hydrogens is 248 g/mol. The quantitative estimate of drug-likeness (QED) is 0.804. The molecule has 1 aliphatic rings. The van der Waals surface area contributed by atoms with E-state index in [0.29, 0.717) is 18.9 Å². The van der Waals surface area contributed by atoms with Gasteiger partial charge in [-0.1, -0.05) is 0 Å². The fourth-order valence-electron chi connectivity index (χ4n) is 2.21. The number of fused-ring (bicyclic) bond motifs is 1. The summed E-state index contributed by atoms with van der Waals surface area (Å²) in [7, 11) is 0. The number of ether oxygens (including phenoxy) is 1. The Morgan fingerprint density at radius 2 is 2.50 bits per heavy atom. The third kappa shape index (κ3) is 2.33. The second-order valence-electron chi connectivity index (χ2n) is 4.68. The molecule has 96 valence electrons. The summed E-state index contributed by atoms with van der Waals surface area (Å²) in [6.07, 6.45) is 6.30. The summed E-state index contributed by atoms with van der Waals surface area (Å²) in [5.74, 6) is 0.617. The van der Waals surface area contributed by atoms with Crippen LogP contribution in [0.2, 0.25) is 0 Å². The fourth-order valence-corrected chi connectivity index (χ4v) is 2.93. The van der Waals surface area contributed by atoms with Crippen LogP contribution < -0.4 is 0 Å². The second-order valence-corrected chi connectivity index (χ2v) is 5.55. The van der Waals surface area contributed by atoms with E-state index in [2.05, 4.69) is 4.98 Å². The summed E-state index contributed by atoms with van der Waals surface area (Å²) in [5.41, 5.74) is 0.845. The van der Waals surface area contributed by atoms with Gasteiger partial charge in [0.2, 0.25) is 0 Å². The van der Waals surface area contributed by atoms with E-state index in [9.17, 15) is 4.79 Å². The molecule has 0 aliphatic heterocycles. The number of carbonyl (C=O) groups excluding carboxylic acids is 1.